The number of aryl methyl sites for hydroxylation is 1. The van der Waals surface area contributed by atoms with Crippen LogP contribution in [0, 0.1) is 12.7 Å². The first-order chi connectivity index (χ1) is 7.56. The Balaban J connectivity index is 2.75. The molecule has 0 saturated heterocycles. The number of pyridine rings is 1. The van der Waals surface area contributed by atoms with Crippen molar-refractivity contribution in [2.75, 3.05) is 13.6 Å². The normalized spacial score (nSPS) is 14.8. The topological polar surface area (TPSA) is 65.4 Å². The van der Waals surface area contributed by atoms with E-state index in [0.717, 1.165) is 6.20 Å². The number of aliphatic hydroxyl groups excluding tert-OH is 2. The lowest BCUT2D eigenvalue weighted by Crippen LogP contribution is -2.24. The number of nitrogens with zero attached hydrogens (tertiary/aromatic N) is 1. The van der Waals surface area contributed by atoms with E-state index in [9.17, 15) is 14.6 Å². The van der Waals surface area contributed by atoms with Crippen molar-refractivity contribution in [2.24, 2.45) is 0 Å². The Hall–Kier alpha value is -1.04. The van der Waals surface area contributed by atoms with Gasteiger partial charge in [-0.1, -0.05) is 0 Å². The fourth-order valence-corrected chi connectivity index (χ4v) is 1.49. The minimum atomic E-state index is -1.08. The maximum Gasteiger partial charge on any atom is 0.141 e. The van der Waals surface area contributed by atoms with Crippen LogP contribution in [-0.2, 0) is 0 Å². The van der Waals surface area contributed by atoms with E-state index in [1.807, 2.05) is 0 Å². The zero-order valence-electron chi connectivity index (χ0n) is 9.44. The van der Waals surface area contributed by atoms with Gasteiger partial charge < -0.3 is 15.5 Å². The summed E-state index contributed by atoms with van der Waals surface area (Å²) < 4.78 is 12.8. The Labute approximate surface area is 94.1 Å². The number of halogens is 1. The molecule has 0 fully saturated rings. The Morgan fingerprint density at radius 2 is 2.19 bits per heavy atom. The van der Waals surface area contributed by atoms with Gasteiger partial charge in [-0.3, -0.25) is 4.98 Å². The molecule has 5 heteroatoms. The molecule has 2 atom stereocenters. The molecular weight excluding hydrogens is 211 g/mol. The molecule has 3 N–H and O–H groups in total. The predicted octanol–water partition coefficient (Wildman–Crippen LogP) is 0.533. The van der Waals surface area contributed by atoms with Crippen molar-refractivity contribution in [1.82, 2.24) is 10.3 Å². The second-order valence-corrected chi connectivity index (χ2v) is 3.76. The average molecular weight is 228 g/mol. The Kier molecular flexibility index (Phi) is 4.79. The molecule has 0 spiro atoms. The fraction of sp³-hybridized carbons (Fsp3) is 0.545. The quantitative estimate of drug-likeness (QED) is 0.688. The summed E-state index contributed by atoms with van der Waals surface area (Å²) in [5, 5.41) is 22.4. The maximum atomic E-state index is 12.8. The maximum absolute atomic E-state index is 12.8. The smallest absolute Gasteiger partial charge is 0.141 e. The lowest BCUT2D eigenvalue weighted by molar-refractivity contribution is 0.0110. The van der Waals surface area contributed by atoms with Gasteiger partial charge in [0.05, 0.1) is 18.0 Å². The van der Waals surface area contributed by atoms with Crippen molar-refractivity contribution in [3.63, 3.8) is 0 Å². The number of hydrogen-bond donors (Lipinski definition) is 3. The highest BCUT2D eigenvalue weighted by Gasteiger charge is 2.21. The predicted molar refractivity (Wildman–Crippen MR) is 58.4 cm³/mol. The third kappa shape index (κ3) is 3.23. The minimum Gasteiger partial charge on any atom is -0.390 e. The number of hydrogen-bond acceptors (Lipinski definition) is 4. The average Bonchev–Trinajstić information content (AvgIpc) is 2.25. The summed E-state index contributed by atoms with van der Waals surface area (Å²) in [5.41, 5.74) is 0.862. The molecule has 0 amide bonds. The van der Waals surface area contributed by atoms with Crippen LogP contribution >= 0.6 is 0 Å². The lowest BCUT2D eigenvalue weighted by atomic mass is 10.0. The third-order valence-corrected chi connectivity index (χ3v) is 2.42. The molecule has 0 bridgehead atoms. The molecule has 0 aliphatic carbocycles. The van der Waals surface area contributed by atoms with Crippen LogP contribution in [0.2, 0.25) is 0 Å². The van der Waals surface area contributed by atoms with Crippen molar-refractivity contribution >= 4 is 0 Å². The van der Waals surface area contributed by atoms with E-state index in [0.29, 0.717) is 24.2 Å². The summed E-state index contributed by atoms with van der Waals surface area (Å²) in [6.07, 6.45) is -0.523. The molecule has 16 heavy (non-hydrogen) atoms. The number of aliphatic hydroxyl groups is 2. The van der Waals surface area contributed by atoms with Crippen LogP contribution in [0.4, 0.5) is 4.39 Å². The van der Waals surface area contributed by atoms with Crippen LogP contribution in [0.25, 0.3) is 0 Å². The molecule has 4 nitrogen and oxygen atoms in total. The van der Waals surface area contributed by atoms with Crippen molar-refractivity contribution in [3.8, 4) is 0 Å². The Morgan fingerprint density at radius 1 is 1.50 bits per heavy atom. The molecule has 2 unspecified atom stereocenters. The monoisotopic (exact) mass is 228 g/mol. The summed E-state index contributed by atoms with van der Waals surface area (Å²) in [5.74, 6) is -0.446. The lowest BCUT2D eigenvalue weighted by Gasteiger charge is -2.18. The van der Waals surface area contributed by atoms with E-state index >= 15 is 0 Å². The Morgan fingerprint density at radius 3 is 2.75 bits per heavy atom. The van der Waals surface area contributed by atoms with Crippen molar-refractivity contribution < 1.29 is 14.6 Å². The summed E-state index contributed by atoms with van der Waals surface area (Å²) in [6.45, 7) is 2.25. The van der Waals surface area contributed by atoms with Crippen LogP contribution in [-0.4, -0.2) is 34.9 Å². The van der Waals surface area contributed by atoms with Gasteiger partial charge in [-0.25, -0.2) is 4.39 Å². The standard InChI is InChI=1S/C11H17FN2O2/c1-7-5-8(12)6-14-10(7)11(16)9(15)3-4-13-2/h5-6,9,11,13,15-16H,3-4H2,1-2H3. The van der Waals surface area contributed by atoms with Crippen LogP contribution in [0.1, 0.15) is 23.8 Å². The highest BCUT2D eigenvalue weighted by molar-refractivity contribution is 5.21. The molecule has 0 radical (unpaired) electrons. The van der Waals surface area contributed by atoms with Gasteiger partial charge in [0.15, 0.2) is 0 Å². The van der Waals surface area contributed by atoms with Crippen LogP contribution in [0.15, 0.2) is 12.3 Å². The number of aromatic nitrogens is 1. The van der Waals surface area contributed by atoms with Crippen LogP contribution in [0.3, 0.4) is 0 Å². The fourth-order valence-electron chi connectivity index (χ4n) is 1.49. The van der Waals surface area contributed by atoms with Crippen LogP contribution < -0.4 is 5.32 Å². The first-order valence-electron chi connectivity index (χ1n) is 5.19. The molecule has 1 heterocycles. The molecule has 1 rings (SSSR count). The molecule has 1 aromatic heterocycles. The largest absolute Gasteiger partial charge is 0.390 e. The van der Waals surface area contributed by atoms with E-state index in [2.05, 4.69) is 10.3 Å². The van der Waals surface area contributed by atoms with E-state index < -0.39 is 18.0 Å². The molecule has 0 aliphatic heterocycles. The van der Waals surface area contributed by atoms with E-state index in [1.165, 1.54) is 6.07 Å². The summed E-state index contributed by atoms with van der Waals surface area (Å²) in [4.78, 5) is 3.80. The highest BCUT2D eigenvalue weighted by atomic mass is 19.1. The van der Waals surface area contributed by atoms with E-state index in [1.54, 1.807) is 14.0 Å². The molecule has 0 aromatic carbocycles. The van der Waals surface area contributed by atoms with Gasteiger partial charge in [-0.15, -0.1) is 0 Å². The van der Waals surface area contributed by atoms with Crippen LogP contribution in [0.5, 0.6) is 0 Å². The molecule has 1 aromatic rings. The van der Waals surface area contributed by atoms with Crippen molar-refractivity contribution in [3.05, 3.63) is 29.3 Å². The second-order valence-electron chi connectivity index (χ2n) is 3.76. The van der Waals surface area contributed by atoms with E-state index in [4.69, 9.17) is 0 Å². The van der Waals surface area contributed by atoms with Gasteiger partial charge in [0.25, 0.3) is 0 Å². The van der Waals surface area contributed by atoms with Gasteiger partial charge in [-0.2, -0.15) is 0 Å². The minimum absolute atomic E-state index is 0.324. The number of rotatable bonds is 5. The summed E-state index contributed by atoms with van der Waals surface area (Å²) >= 11 is 0. The SMILES string of the molecule is CNCCC(O)C(O)c1ncc(F)cc1C. The first-order valence-corrected chi connectivity index (χ1v) is 5.19. The summed E-state index contributed by atoms with van der Waals surface area (Å²) in [6, 6.07) is 1.29. The van der Waals surface area contributed by atoms with E-state index in [-0.39, 0.29) is 0 Å². The third-order valence-electron chi connectivity index (χ3n) is 2.42. The molecule has 90 valence electrons. The molecular formula is C11H17FN2O2. The zero-order valence-corrected chi connectivity index (χ0v) is 9.44. The van der Waals surface area contributed by atoms with Gasteiger partial charge in [0, 0.05) is 0 Å². The summed E-state index contributed by atoms with van der Waals surface area (Å²) in [7, 11) is 1.76. The highest BCUT2D eigenvalue weighted by Crippen LogP contribution is 2.20. The first kappa shape index (κ1) is 13.0. The number of nitrogens with one attached hydrogen (secondary N) is 1. The van der Waals surface area contributed by atoms with Gasteiger partial charge in [-0.05, 0) is 38.6 Å². The van der Waals surface area contributed by atoms with Gasteiger partial charge >= 0.3 is 0 Å². The zero-order chi connectivity index (χ0) is 12.1. The molecule has 0 saturated carbocycles. The molecule has 0 aliphatic rings. The van der Waals surface area contributed by atoms with Crippen molar-refractivity contribution in [2.45, 2.75) is 25.6 Å². The van der Waals surface area contributed by atoms with Gasteiger partial charge in [0.1, 0.15) is 11.9 Å². The second kappa shape index (κ2) is 5.89. The van der Waals surface area contributed by atoms with Gasteiger partial charge in [0.2, 0.25) is 0 Å². The Bertz CT molecular complexity index is 347. The van der Waals surface area contributed by atoms with Crippen molar-refractivity contribution in [1.29, 1.82) is 0 Å².